The van der Waals surface area contributed by atoms with Gasteiger partial charge in [0.25, 0.3) is 0 Å². The molecule has 1 N–H and O–H groups in total. The van der Waals surface area contributed by atoms with Crippen molar-refractivity contribution in [2.45, 2.75) is 158 Å². The van der Waals surface area contributed by atoms with Crippen molar-refractivity contribution >= 4 is 0 Å². The molecule has 0 radical (unpaired) electrons. The molecule has 56 heavy (non-hydrogen) atoms. The maximum atomic E-state index is 5.20. The van der Waals surface area contributed by atoms with Crippen molar-refractivity contribution in [3.05, 3.63) is 162 Å². The number of furan rings is 2. The average molecular weight is 763 g/mol. The topological polar surface area (TPSA) is 55.0 Å². The molecule has 0 amide bonds. The molecule has 0 saturated carbocycles. The fraction of sp³-hybridized carbons (Fsp3) is 0.481. The quantitative estimate of drug-likeness (QED) is 0.171. The zero-order valence-electron chi connectivity index (χ0n) is 38.6. The lowest BCUT2D eigenvalue weighted by Gasteiger charge is -2.18. The summed E-state index contributed by atoms with van der Waals surface area (Å²) in [7, 11) is 0. The Morgan fingerprint density at radius 3 is 1.38 bits per heavy atom. The molecule has 0 atom stereocenters. The van der Waals surface area contributed by atoms with E-state index in [0.717, 1.165) is 17.9 Å². The largest absolute Gasteiger partial charge is 0.472 e. The number of H-pyrrole nitrogens is 1. The molecule has 0 unspecified atom stereocenters. The summed E-state index contributed by atoms with van der Waals surface area (Å²) < 4.78 is 10.1. The summed E-state index contributed by atoms with van der Waals surface area (Å²) in [4.78, 5) is 7.43. The van der Waals surface area contributed by atoms with Gasteiger partial charge in [-0.15, -0.1) is 0 Å². The van der Waals surface area contributed by atoms with Crippen LogP contribution < -0.4 is 0 Å². The van der Waals surface area contributed by atoms with E-state index in [2.05, 4.69) is 195 Å². The van der Waals surface area contributed by atoms with Gasteiger partial charge in [0.15, 0.2) is 0 Å². The standard InChI is InChI=1S/C10H14.C9H13N.C9H14.C8H13N.2C8H12O/c1-10(2,3)9-7-5-4-6-8-9;1-9(2,3)8-6-4-5-7-10-8;1-9(2,3)8-6-4-5-7-8;1-8(2,3)7-5-4-6-9-7;1-8(2,3)7-4-5-9-6-7;1-8(2,3)7-5-4-6-9-7/h4-8H,1-3H3;4-7H,1-3H3;4,6-7H,5H2,1-3H3;4-6,9H,1-3H3;2*4-6H,1-3H3. The number of hydrogen-bond donors (Lipinski definition) is 1. The van der Waals surface area contributed by atoms with Crippen molar-refractivity contribution in [2.75, 3.05) is 0 Å². The molecule has 4 aromatic heterocycles. The maximum Gasteiger partial charge on any atom is 0.109 e. The van der Waals surface area contributed by atoms with E-state index in [9.17, 15) is 0 Å². The van der Waals surface area contributed by atoms with Gasteiger partial charge in [-0.25, -0.2) is 0 Å². The molecule has 4 heterocycles. The third-order valence-corrected chi connectivity index (χ3v) is 8.76. The maximum absolute atomic E-state index is 5.20. The Hall–Kier alpha value is -4.31. The first-order valence-electron chi connectivity index (χ1n) is 20.2. The number of allylic oxidation sites excluding steroid dienone is 4. The van der Waals surface area contributed by atoms with Crippen LogP contribution in [0.25, 0.3) is 0 Å². The molecule has 6 rings (SSSR count). The first-order valence-corrected chi connectivity index (χ1v) is 20.2. The summed E-state index contributed by atoms with van der Waals surface area (Å²) in [6.07, 6.45) is 16.9. The SMILES string of the molecule is CC(C)(C)C1=CCC=C1.CC(C)(C)c1ccc[nH]1.CC(C)(C)c1ccccc1.CC(C)(C)c1ccccn1.CC(C)(C)c1ccco1.CC(C)(C)c1ccoc1. The first kappa shape index (κ1) is 49.7. The van der Waals surface area contributed by atoms with Crippen LogP contribution in [0, 0.1) is 5.41 Å². The van der Waals surface area contributed by atoms with Gasteiger partial charge in [-0.2, -0.15) is 0 Å². The van der Waals surface area contributed by atoms with Crippen LogP contribution in [0.1, 0.15) is 159 Å². The third-order valence-electron chi connectivity index (χ3n) is 8.76. The van der Waals surface area contributed by atoms with Gasteiger partial charge in [-0.05, 0) is 81.8 Å². The van der Waals surface area contributed by atoms with Gasteiger partial charge < -0.3 is 13.8 Å². The van der Waals surface area contributed by atoms with Crippen molar-refractivity contribution in [2.24, 2.45) is 5.41 Å². The molecule has 0 saturated heterocycles. The molecule has 308 valence electrons. The Balaban J connectivity index is 0.000000336. The summed E-state index contributed by atoms with van der Waals surface area (Å²) in [5.41, 5.74) is 8.05. The summed E-state index contributed by atoms with van der Waals surface area (Å²) in [5.74, 6) is 1.04. The number of nitrogens with one attached hydrogen (secondary N) is 1. The van der Waals surface area contributed by atoms with Gasteiger partial charge in [0.1, 0.15) is 5.76 Å². The molecule has 0 fully saturated rings. The van der Waals surface area contributed by atoms with E-state index >= 15 is 0 Å². The van der Waals surface area contributed by atoms with Crippen molar-refractivity contribution in [1.82, 2.24) is 9.97 Å². The monoisotopic (exact) mass is 763 g/mol. The highest BCUT2D eigenvalue weighted by molar-refractivity contribution is 5.30. The fourth-order valence-electron chi connectivity index (χ4n) is 4.95. The lowest BCUT2D eigenvalue weighted by molar-refractivity contribution is 0.409. The van der Waals surface area contributed by atoms with E-state index in [4.69, 9.17) is 8.83 Å². The van der Waals surface area contributed by atoms with Gasteiger partial charge in [0.2, 0.25) is 0 Å². The van der Waals surface area contributed by atoms with Crippen LogP contribution in [0.15, 0.2) is 143 Å². The lowest BCUT2D eigenvalue weighted by Crippen LogP contribution is -2.12. The van der Waals surface area contributed by atoms with Crippen molar-refractivity contribution in [3.63, 3.8) is 0 Å². The molecule has 0 aliphatic heterocycles. The van der Waals surface area contributed by atoms with Crippen LogP contribution in [0.5, 0.6) is 0 Å². The van der Waals surface area contributed by atoms with Gasteiger partial charge >= 0.3 is 0 Å². The van der Waals surface area contributed by atoms with Crippen LogP contribution in [-0.2, 0) is 27.1 Å². The highest BCUT2D eigenvalue weighted by Gasteiger charge is 2.17. The van der Waals surface area contributed by atoms with Crippen LogP contribution in [0.2, 0.25) is 0 Å². The van der Waals surface area contributed by atoms with Crippen molar-refractivity contribution < 1.29 is 8.83 Å². The molecule has 0 spiro atoms. The highest BCUT2D eigenvalue weighted by atomic mass is 16.3. The highest BCUT2D eigenvalue weighted by Crippen LogP contribution is 2.29. The summed E-state index contributed by atoms with van der Waals surface area (Å²) in [5, 5.41) is 0. The Bertz CT molecular complexity index is 1590. The van der Waals surface area contributed by atoms with Gasteiger partial charge in [0, 0.05) is 40.0 Å². The minimum absolute atomic E-state index is 0.156. The van der Waals surface area contributed by atoms with Gasteiger partial charge in [0.05, 0.1) is 18.8 Å². The molecular formula is C52H78N2O2. The van der Waals surface area contributed by atoms with Crippen molar-refractivity contribution in [1.29, 1.82) is 0 Å². The Morgan fingerprint density at radius 1 is 0.518 bits per heavy atom. The second kappa shape index (κ2) is 21.8. The number of hydrogen-bond acceptors (Lipinski definition) is 3. The molecule has 1 aromatic carbocycles. The Morgan fingerprint density at radius 2 is 1.12 bits per heavy atom. The van der Waals surface area contributed by atoms with Crippen LogP contribution >= 0.6 is 0 Å². The number of nitrogens with zero attached hydrogens (tertiary/aromatic N) is 1. The number of aromatic amines is 1. The van der Waals surface area contributed by atoms with E-state index in [-0.39, 0.29) is 21.7 Å². The van der Waals surface area contributed by atoms with Crippen LogP contribution in [0.4, 0.5) is 0 Å². The van der Waals surface area contributed by atoms with E-state index in [1.165, 1.54) is 22.4 Å². The van der Waals surface area contributed by atoms with Crippen LogP contribution in [-0.4, -0.2) is 9.97 Å². The zero-order valence-corrected chi connectivity index (χ0v) is 38.6. The van der Waals surface area contributed by atoms with Crippen LogP contribution in [0.3, 0.4) is 0 Å². The molecule has 0 bridgehead atoms. The molecule has 1 aliphatic carbocycles. The number of pyridine rings is 1. The predicted molar refractivity (Wildman–Crippen MR) is 244 cm³/mol. The van der Waals surface area contributed by atoms with E-state index in [1.807, 2.05) is 48.8 Å². The normalized spacial score (nSPS) is 12.8. The number of rotatable bonds is 0. The predicted octanol–water partition coefficient (Wildman–Crippen LogP) is 15.7. The smallest absolute Gasteiger partial charge is 0.109 e. The second-order valence-electron chi connectivity index (χ2n) is 20.5. The van der Waals surface area contributed by atoms with E-state index < -0.39 is 0 Å². The minimum atomic E-state index is 0.156. The number of aromatic nitrogens is 2. The number of benzene rings is 1. The first-order chi connectivity index (χ1) is 25.6. The summed E-state index contributed by atoms with van der Waals surface area (Å²) >= 11 is 0. The molecular weight excluding hydrogens is 685 g/mol. The lowest BCUT2D eigenvalue weighted by atomic mass is 9.87. The van der Waals surface area contributed by atoms with Crippen molar-refractivity contribution in [3.8, 4) is 0 Å². The average Bonchev–Trinajstić information content (AvgIpc) is 3.94. The second-order valence-corrected chi connectivity index (χ2v) is 20.5. The Labute approximate surface area is 343 Å². The summed E-state index contributed by atoms with van der Waals surface area (Å²) in [6, 6.07) is 26.6. The van der Waals surface area contributed by atoms with E-state index in [1.54, 1.807) is 18.8 Å². The zero-order chi connectivity index (χ0) is 42.8. The Kier molecular flexibility index (Phi) is 19.4. The summed E-state index contributed by atoms with van der Waals surface area (Å²) in [6.45, 7) is 39.4. The van der Waals surface area contributed by atoms with E-state index in [0.29, 0.717) is 10.8 Å². The molecule has 1 aliphatic rings. The minimum Gasteiger partial charge on any atom is -0.472 e. The fourth-order valence-corrected chi connectivity index (χ4v) is 4.95. The molecule has 5 aromatic rings. The third kappa shape index (κ3) is 20.6. The molecule has 4 nitrogen and oxygen atoms in total. The van der Waals surface area contributed by atoms with Gasteiger partial charge in [-0.3, -0.25) is 4.98 Å². The molecule has 4 heteroatoms. The van der Waals surface area contributed by atoms with Gasteiger partial charge in [-0.1, -0.05) is 179 Å².